The number of aromatic hydroxyl groups is 1. The number of aryl methyl sites for hydroxylation is 1. The van der Waals surface area contributed by atoms with Crippen LogP contribution >= 0.6 is 12.2 Å². The van der Waals surface area contributed by atoms with E-state index in [1.807, 2.05) is 27.7 Å². The summed E-state index contributed by atoms with van der Waals surface area (Å²) in [5, 5.41) is 15.4. The number of benzene rings is 2. The Morgan fingerprint density at radius 1 is 1.00 bits per heavy atom. The number of phenols is 1. The minimum Gasteiger partial charge on any atom is -0.506 e. The molecule has 156 valence electrons. The first kappa shape index (κ1) is 22.3. The maximum absolute atomic E-state index is 12.7. The van der Waals surface area contributed by atoms with E-state index in [2.05, 4.69) is 10.6 Å². The van der Waals surface area contributed by atoms with Gasteiger partial charge in [-0.1, -0.05) is 6.07 Å². The number of phenolic OH excluding ortho intramolecular Hbond substituents is 1. The van der Waals surface area contributed by atoms with Crippen LogP contribution in [0, 0.1) is 6.92 Å². The highest BCUT2D eigenvalue weighted by atomic mass is 32.1. The van der Waals surface area contributed by atoms with Gasteiger partial charge in [-0.3, -0.25) is 10.1 Å². The molecule has 0 fully saturated rings. The molecule has 0 heterocycles. The molecular weight excluding hydrogens is 392 g/mol. The summed E-state index contributed by atoms with van der Waals surface area (Å²) in [5.74, 6) is 0.879. The van der Waals surface area contributed by atoms with E-state index < -0.39 is 5.91 Å². The molecule has 0 bridgehead atoms. The molecule has 0 aliphatic rings. The fourth-order valence-electron chi connectivity index (χ4n) is 2.60. The van der Waals surface area contributed by atoms with Gasteiger partial charge in [-0.15, -0.1) is 0 Å². The van der Waals surface area contributed by atoms with Gasteiger partial charge in [0.1, 0.15) is 5.75 Å². The third-order valence-corrected chi connectivity index (χ3v) is 4.00. The number of ether oxygens (including phenoxy) is 3. The van der Waals surface area contributed by atoms with Gasteiger partial charge in [-0.2, -0.15) is 0 Å². The summed E-state index contributed by atoms with van der Waals surface area (Å²) in [5.41, 5.74) is 1.65. The predicted molar refractivity (Wildman–Crippen MR) is 116 cm³/mol. The zero-order valence-electron chi connectivity index (χ0n) is 17.0. The fourth-order valence-corrected chi connectivity index (χ4v) is 2.80. The van der Waals surface area contributed by atoms with Crippen LogP contribution in [0.5, 0.6) is 23.0 Å². The molecule has 0 saturated carbocycles. The zero-order chi connectivity index (χ0) is 21.4. The van der Waals surface area contributed by atoms with Crippen LogP contribution in [-0.4, -0.2) is 35.9 Å². The first-order chi connectivity index (χ1) is 13.9. The van der Waals surface area contributed by atoms with Crippen molar-refractivity contribution in [1.82, 2.24) is 5.32 Å². The van der Waals surface area contributed by atoms with Gasteiger partial charge in [-0.25, -0.2) is 0 Å². The van der Waals surface area contributed by atoms with Crippen molar-refractivity contribution in [2.45, 2.75) is 27.7 Å². The molecule has 0 radical (unpaired) electrons. The second kappa shape index (κ2) is 10.5. The maximum atomic E-state index is 12.7. The molecule has 2 aromatic rings. The number of anilines is 1. The first-order valence-corrected chi connectivity index (χ1v) is 9.78. The largest absolute Gasteiger partial charge is 0.506 e. The normalized spacial score (nSPS) is 10.2. The lowest BCUT2D eigenvalue weighted by molar-refractivity contribution is 0.0976. The van der Waals surface area contributed by atoms with Crippen LogP contribution in [0.4, 0.5) is 5.69 Å². The van der Waals surface area contributed by atoms with Gasteiger partial charge in [0.2, 0.25) is 5.75 Å². The number of rotatable bonds is 8. The Kier molecular flexibility index (Phi) is 8.09. The molecule has 7 nitrogen and oxygen atoms in total. The summed E-state index contributed by atoms with van der Waals surface area (Å²) in [7, 11) is 0. The van der Waals surface area contributed by atoms with E-state index in [4.69, 9.17) is 26.4 Å². The smallest absolute Gasteiger partial charge is 0.257 e. The molecule has 0 aliphatic heterocycles. The SMILES string of the molecule is CCOc1cc(C(=O)NC(=S)Nc2cc(C)ccc2O)cc(OCC)c1OCC. The molecule has 0 aromatic heterocycles. The topological polar surface area (TPSA) is 89.1 Å². The monoisotopic (exact) mass is 418 g/mol. The van der Waals surface area contributed by atoms with E-state index in [9.17, 15) is 9.90 Å². The Balaban J connectivity index is 2.24. The van der Waals surface area contributed by atoms with Crippen LogP contribution in [0.25, 0.3) is 0 Å². The molecule has 0 aliphatic carbocycles. The van der Waals surface area contributed by atoms with Crippen LogP contribution in [0.1, 0.15) is 36.7 Å². The Morgan fingerprint density at radius 2 is 1.59 bits per heavy atom. The standard InChI is InChI=1S/C21H26N2O5S/c1-5-26-17-11-14(12-18(27-6-2)19(17)28-7-3)20(25)23-21(29)22-15-10-13(4)8-9-16(15)24/h8-12,24H,5-7H2,1-4H3,(H2,22,23,25,29). The molecule has 1 amide bonds. The summed E-state index contributed by atoms with van der Waals surface area (Å²) >= 11 is 5.21. The second-order valence-corrected chi connectivity index (χ2v) is 6.44. The number of hydrogen-bond donors (Lipinski definition) is 3. The third kappa shape index (κ3) is 5.99. The zero-order valence-corrected chi connectivity index (χ0v) is 17.8. The molecule has 8 heteroatoms. The number of thiocarbonyl (C=S) groups is 1. The Labute approximate surface area is 176 Å². The third-order valence-electron chi connectivity index (χ3n) is 3.80. The van der Waals surface area contributed by atoms with Crippen molar-refractivity contribution in [3.05, 3.63) is 41.5 Å². The summed E-state index contributed by atoms with van der Waals surface area (Å²) in [6.07, 6.45) is 0. The Bertz CT molecular complexity index is 858. The van der Waals surface area contributed by atoms with E-state index in [1.54, 1.807) is 30.3 Å². The molecule has 2 rings (SSSR count). The summed E-state index contributed by atoms with van der Waals surface area (Å²) in [4.78, 5) is 12.7. The van der Waals surface area contributed by atoms with Crippen molar-refractivity contribution >= 4 is 28.9 Å². The second-order valence-electron chi connectivity index (χ2n) is 6.03. The summed E-state index contributed by atoms with van der Waals surface area (Å²) in [6.45, 7) is 8.67. The van der Waals surface area contributed by atoms with Crippen LogP contribution in [0.3, 0.4) is 0 Å². The molecule has 3 N–H and O–H groups in total. The lowest BCUT2D eigenvalue weighted by atomic mass is 10.1. The number of hydrogen-bond acceptors (Lipinski definition) is 6. The highest BCUT2D eigenvalue weighted by molar-refractivity contribution is 7.80. The van der Waals surface area contributed by atoms with Gasteiger partial charge in [0, 0.05) is 5.56 Å². The van der Waals surface area contributed by atoms with Crippen LogP contribution in [-0.2, 0) is 0 Å². The molecule has 0 spiro atoms. The molecule has 2 aromatic carbocycles. The van der Waals surface area contributed by atoms with Gasteiger partial charge in [0.15, 0.2) is 16.6 Å². The maximum Gasteiger partial charge on any atom is 0.257 e. The molecule has 29 heavy (non-hydrogen) atoms. The van der Waals surface area contributed by atoms with Crippen LogP contribution in [0.2, 0.25) is 0 Å². The lowest BCUT2D eigenvalue weighted by Gasteiger charge is -2.17. The van der Waals surface area contributed by atoms with Crippen molar-refractivity contribution in [3.63, 3.8) is 0 Å². The molecule has 0 atom stereocenters. The van der Waals surface area contributed by atoms with Crippen molar-refractivity contribution in [2.75, 3.05) is 25.1 Å². The predicted octanol–water partition coefficient (Wildman–Crippen LogP) is 4.02. The Morgan fingerprint density at radius 3 is 2.14 bits per heavy atom. The van der Waals surface area contributed by atoms with Crippen molar-refractivity contribution in [1.29, 1.82) is 0 Å². The number of carbonyl (C=O) groups is 1. The van der Waals surface area contributed by atoms with E-state index in [0.717, 1.165) is 5.56 Å². The number of carbonyl (C=O) groups excluding carboxylic acids is 1. The van der Waals surface area contributed by atoms with Crippen molar-refractivity contribution < 1.29 is 24.1 Å². The van der Waals surface area contributed by atoms with Gasteiger partial charge in [0.05, 0.1) is 25.5 Å². The molecular formula is C21H26N2O5S. The molecule has 0 unspecified atom stereocenters. The van der Waals surface area contributed by atoms with Crippen molar-refractivity contribution in [3.8, 4) is 23.0 Å². The van der Waals surface area contributed by atoms with Crippen LogP contribution < -0.4 is 24.8 Å². The number of amides is 1. The van der Waals surface area contributed by atoms with Gasteiger partial charge >= 0.3 is 0 Å². The van der Waals surface area contributed by atoms with E-state index in [-0.39, 0.29) is 10.9 Å². The summed E-state index contributed by atoms with van der Waals surface area (Å²) in [6, 6.07) is 8.22. The van der Waals surface area contributed by atoms with Gasteiger partial charge < -0.3 is 24.6 Å². The highest BCUT2D eigenvalue weighted by Gasteiger charge is 2.19. The Hall–Kier alpha value is -3.00. The first-order valence-electron chi connectivity index (χ1n) is 9.37. The van der Waals surface area contributed by atoms with Crippen LogP contribution in [0.15, 0.2) is 30.3 Å². The minimum atomic E-state index is -0.445. The van der Waals surface area contributed by atoms with E-state index in [0.29, 0.717) is 48.3 Å². The average Bonchev–Trinajstić information content (AvgIpc) is 2.67. The van der Waals surface area contributed by atoms with E-state index >= 15 is 0 Å². The van der Waals surface area contributed by atoms with Gasteiger partial charge in [0.25, 0.3) is 5.91 Å². The number of nitrogens with one attached hydrogen (secondary N) is 2. The summed E-state index contributed by atoms with van der Waals surface area (Å²) < 4.78 is 16.9. The van der Waals surface area contributed by atoms with Gasteiger partial charge in [-0.05, 0) is 69.7 Å². The quantitative estimate of drug-likeness (QED) is 0.441. The van der Waals surface area contributed by atoms with E-state index in [1.165, 1.54) is 0 Å². The fraction of sp³-hybridized carbons (Fsp3) is 0.333. The lowest BCUT2D eigenvalue weighted by Crippen LogP contribution is -2.34. The average molecular weight is 419 g/mol. The highest BCUT2D eigenvalue weighted by Crippen LogP contribution is 2.39. The molecule has 0 saturated heterocycles. The van der Waals surface area contributed by atoms with Crippen molar-refractivity contribution in [2.24, 2.45) is 0 Å². The minimum absolute atomic E-state index is 0.0329.